The minimum absolute atomic E-state index is 0.123. The van der Waals surface area contributed by atoms with Gasteiger partial charge in [-0.05, 0) is 37.0 Å². The van der Waals surface area contributed by atoms with E-state index in [0.717, 1.165) is 0 Å². The molecule has 0 atom stereocenters. The van der Waals surface area contributed by atoms with Gasteiger partial charge in [0.1, 0.15) is 5.75 Å². The molecular weight excluding hydrogens is 240 g/mol. The lowest BCUT2D eigenvalue weighted by molar-refractivity contribution is 0.0962. The summed E-state index contributed by atoms with van der Waals surface area (Å²) in [5.74, 6) is 1.12. The highest BCUT2D eigenvalue weighted by Gasteiger charge is 2.15. The van der Waals surface area contributed by atoms with E-state index in [-0.39, 0.29) is 5.91 Å². The summed E-state index contributed by atoms with van der Waals surface area (Å²) in [6.45, 7) is 0.696. The predicted octanol–water partition coefficient (Wildman–Crippen LogP) is 2.59. The van der Waals surface area contributed by atoms with Crippen molar-refractivity contribution in [3.63, 3.8) is 0 Å². The van der Waals surface area contributed by atoms with Crippen LogP contribution in [0.25, 0.3) is 0 Å². The molecule has 3 N–H and O–H groups in total. The van der Waals surface area contributed by atoms with Crippen molar-refractivity contribution < 1.29 is 9.53 Å². The van der Waals surface area contributed by atoms with Gasteiger partial charge in [-0.25, -0.2) is 0 Å². The fourth-order valence-corrected chi connectivity index (χ4v) is 2.51. The largest absolute Gasteiger partial charge is 0.491 e. The molecule has 1 saturated carbocycles. The molecule has 4 heteroatoms. The number of hydrogen-bond acceptors (Lipinski definition) is 3. The molecule has 0 heterocycles. The summed E-state index contributed by atoms with van der Waals surface area (Å²) in [4.78, 5) is 11.6. The average Bonchev–Trinajstić information content (AvgIpc) is 2.46. The van der Waals surface area contributed by atoms with Crippen LogP contribution in [0.2, 0.25) is 0 Å². The highest BCUT2D eigenvalue weighted by atomic mass is 16.5. The third kappa shape index (κ3) is 3.63. The maximum absolute atomic E-state index is 11.6. The monoisotopic (exact) mass is 262 g/mol. The van der Waals surface area contributed by atoms with Crippen molar-refractivity contribution in [1.29, 1.82) is 0 Å². The van der Waals surface area contributed by atoms with E-state index >= 15 is 0 Å². The van der Waals surface area contributed by atoms with E-state index in [1.807, 2.05) is 0 Å². The Morgan fingerprint density at radius 1 is 1.37 bits per heavy atom. The van der Waals surface area contributed by atoms with Crippen molar-refractivity contribution >= 4 is 11.6 Å². The van der Waals surface area contributed by atoms with Crippen LogP contribution in [-0.2, 0) is 0 Å². The first kappa shape index (κ1) is 13.7. The van der Waals surface area contributed by atoms with Gasteiger partial charge in [0.15, 0.2) is 0 Å². The molecule has 104 valence electrons. The van der Waals surface area contributed by atoms with Gasteiger partial charge in [0.05, 0.1) is 12.3 Å². The molecule has 1 amide bonds. The molecule has 0 aliphatic heterocycles. The molecule has 1 aromatic carbocycles. The number of amides is 1. The lowest BCUT2D eigenvalue weighted by atomic mass is 9.90. The molecule has 0 radical (unpaired) electrons. The topological polar surface area (TPSA) is 64.4 Å². The number of carbonyl (C=O) groups is 1. The molecule has 0 spiro atoms. The van der Waals surface area contributed by atoms with E-state index in [0.29, 0.717) is 29.5 Å². The Morgan fingerprint density at radius 3 is 2.79 bits per heavy atom. The highest BCUT2D eigenvalue weighted by Crippen LogP contribution is 2.27. The minimum atomic E-state index is -0.123. The summed E-state index contributed by atoms with van der Waals surface area (Å²) < 4.78 is 5.81. The van der Waals surface area contributed by atoms with Crippen LogP contribution in [0.5, 0.6) is 5.75 Å². The molecule has 0 bridgehead atoms. The molecule has 1 aliphatic carbocycles. The molecule has 4 nitrogen and oxygen atoms in total. The van der Waals surface area contributed by atoms with Crippen molar-refractivity contribution in [2.24, 2.45) is 5.92 Å². The number of ether oxygens (including phenoxy) is 1. The summed E-state index contributed by atoms with van der Waals surface area (Å²) in [6.07, 6.45) is 6.39. The van der Waals surface area contributed by atoms with Crippen molar-refractivity contribution in [2.45, 2.75) is 32.1 Å². The van der Waals surface area contributed by atoms with Gasteiger partial charge >= 0.3 is 0 Å². The number of rotatable bonds is 4. The SMILES string of the molecule is CNC(=O)c1ccc(N)c(OCC2CCCCC2)c1. The van der Waals surface area contributed by atoms with Gasteiger partial charge in [0, 0.05) is 12.6 Å². The van der Waals surface area contributed by atoms with Crippen molar-refractivity contribution in [3.05, 3.63) is 23.8 Å². The number of nitrogens with two attached hydrogens (primary N) is 1. The summed E-state index contributed by atoms with van der Waals surface area (Å²) in [5, 5.41) is 2.60. The smallest absolute Gasteiger partial charge is 0.251 e. The highest BCUT2D eigenvalue weighted by molar-refractivity contribution is 5.95. The maximum Gasteiger partial charge on any atom is 0.251 e. The molecule has 0 unspecified atom stereocenters. The lowest BCUT2D eigenvalue weighted by Crippen LogP contribution is -2.19. The Labute approximate surface area is 114 Å². The third-order valence-electron chi connectivity index (χ3n) is 3.70. The van der Waals surface area contributed by atoms with Crippen LogP contribution < -0.4 is 15.8 Å². The number of hydrogen-bond donors (Lipinski definition) is 2. The number of anilines is 1. The second-order valence-electron chi connectivity index (χ2n) is 5.15. The van der Waals surface area contributed by atoms with Crippen LogP contribution in [0.1, 0.15) is 42.5 Å². The van der Waals surface area contributed by atoms with Gasteiger partial charge in [-0.3, -0.25) is 4.79 Å². The number of carbonyl (C=O) groups excluding carboxylic acids is 1. The third-order valence-corrected chi connectivity index (χ3v) is 3.70. The zero-order valence-corrected chi connectivity index (χ0v) is 11.4. The minimum Gasteiger partial charge on any atom is -0.491 e. The van der Waals surface area contributed by atoms with Gasteiger partial charge in [-0.15, -0.1) is 0 Å². The van der Waals surface area contributed by atoms with E-state index in [2.05, 4.69) is 5.32 Å². The zero-order valence-electron chi connectivity index (χ0n) is 11.4. The molecular formula is C15H22N2O2. The van der Waals surface area contributed by atoms with Crippen LogP contribution in [0.15, 0.2) is 18.2 Å². The quantitative estimate of drug-likeness (QED) is 0.820. The average molecular weight is 262 g/mol. The van der Waals surface area contributed by atoms with Crippen LogP contribution in [0.4, 0.5) is 5.69 Å². The van der Waals surface area contributed by atoms with E-state index < -0.39 is 0 Å². The summed E-state index contributed by atoms with van der Waals surface area (Å²) in [7, 11) is 1.61. The maximum atomic E-state index is 11.6. The fraction of sp³-hybridized carbons (Fsp3) is 0.533. The van der Waals surface area contributed by atoms with E-state index in [9.17, 15) is 4.79 Å². The zero-order chi connectivity index (χ0) is 13.7. The van der Waals surface area contributed by atoms with Gasteiger partial charge < -0.3 is 15.8 Å². The molecule has 1 aromatic rings. The predicted molar refractivity (Wildman–Crippen MR) is 76.3 cm³/mol. The van der Waals surface area contributed by atoms with Gasteiger partial charge in [0.2, 0.25) is 0 Å². The Hall–Kier alpha value is -1.71. The van der Waals surface area contributed by atoms with Crippen molar-refractivity contribution in [1.82, 2.24) is 5.32 Å². The van der Waals surface area contributed by atoms with Gasteiger partial charge in [-0.2, -0.15) is 0 Å². The molecule has 1 aliphatic rings. The number of nitrogens with one attached hydrogen (secondary N) is 1. The van der Waals surface area contributed by atoms with E-state index in [1.54, 1.807) is 25.2 Å². The Bertz CT molecular complexity index is 440. The first-order valence-corrected chi connectivity index (χ1v) is 6.95. The summed E-state index contributed by atoms with van der Waals surface area (Å²) in [5.41, 5.74) is 7.06. The van der Waals surface area contributed by atoms with Crippen LogP contribution >= 0.6 is 0 Å². The Balaban J connectivity index is 2.00. The molecule has 0 saturated heterocycles. The normalized spacial score (nSPS) is 16.1. The van der Waals surface area contributed by atoms with E-state index in [4.69, 9.17) is 10.5 Å². The second kappa shape index (κ2) is 6.45. The summed E-state index contributed by atoms with van der Waals surface area (Å²) >= 11 is 0. The first-order chi connectivity index (χ1) is 9.20. The van der Waals surface area contributed by atoms with Crippen molar-refractivity contribution in [2.75, 3.05) is 19.4 Å². The first-order valence-electron chi connectivity index (χ1n) is 6.95. The van der Waals surface area contributed by atoms with Gasteiger partial charge in [-0.1, -0.05) is 19.3 Å². The molecule has 2 rings (SSSR count). The van der Waals surface area contributed by atoms with E-state index in [1.165, 1.54) is 32.1 Å². The standard InChI is InChI=1S/C15H22N2O2/c1-17-15(18)12-7-8-13(16)14(9-12)19-10-11-5-3-2-4-6-11/h7-9,11H,2-6,10,16H2,1H3,(H,17,18). The van der Waals surface area contributed by atoms with Crippen molar-refractivity contribution in [3.8, 4) is 5.75 Å². The van der Waals surface area contributed by atoms with Crippen LogP contribution in [0.3, 0.4) is 0 Å². The Morgan fingerprint density at radius 2 is 2.11 bits per heavy atom. The van der Waals surface area contributed by atoms with Gasteiger partial charge in [0.25, 0.3) is 5.91 Å². The molecule has 1 fully saturated rings. The number of nitrogen functional groups attached to an aromatic ring is 1. The van der Waals surface area contributed by atoms with Crippen LogP contribution in [0, 0.1) is 5.92 Å². The molecule has 0 aromatic heterocycles. The Kier molecular flexibility index (Phi) is 4.66. The lowest BCUT2D eigenvalue weighted by Gasteiger charge is -2.22. The second-order valence-corrected chi connectivity index (χ2v) is 5.15. The molecule has 19 heavy (non-hydrogen) atoms. The van der Waals surface area contributed by atoms with Crippen LogP contribution in [-0.4, -0.2) is 19.6 Å². The number of benzene rings is 1. The fourth-order valence-electron chi connectivity index (χ4n) is 2.51. The summed E-state index contributed by atoms with van der Waals surface area (Å²) in [6, 6.07) is 5.15.